The van der Waals surface area contributed by atoms with Crippen LogP contribution in [-0.4, -0.2) is 34.6 Å². The zero-order valence-electron chi connectivity index (χ0n) is 13.2. The van der Waals surface area contributed by atoms with Crippen LogP contribution in [0.15, 0.2) is 45.8 Å². The summed E-state index contributed by atoms with van der Waals surface area (Å²) in [5, 5.41) is 2.66. The minimum Gasteiger partial charge on any atom is -0.497 e. The van der Waals surface area contributed by atoms with Crippen LogP contribution in [0.3, 0.4) is 0 Å². The Bertz CT molecular complexity index is 913. The summed E-state index contributed by atoms with van der Waals surface area (Å²) in [5.74, 6) is 0.271. The number of carbonyl (C=O) groups excluding carboxylic acids is 1. The van der Waals surface area contributed by atoms with Gasteiger partial charge in [-0.05, 0) is 36.4 Å². The van der Waals surface area contributed by atoms with Crippen LogP contribution in [-0.2, 0) is 10.0 Å². The summed E-state index contributed by atoms with van der Waals surface area (Å²) in [5.41, 5.74) is 0.537. The number of amides is 1. The molecule has 2 aromatic rings. The number of rotatable bonds is 4. The molecule has 25 heavy (non-hydrogen) atoms. The summed E-state index contributed by atoms with van der Waals surface area (Å²) in [4.78, 5) is 12.0. The lowest BCUT2D eigenvalue weighted by atomic mass is 10.2. The number of halogens is 1. The number of hydrogen-bond donors (Lipinski definition) is 2. The van der Waals surface area contributed by atoms with Crippen LogP contribution >= 0.6 is 15.9 Å². The average Bonchev–Trinajstić information content (AvgIpc) is 2.76. The van der Waals surface area contributed by atoms with Gasteiger partial charge < -0.3 is 14.8 Å². The topological polar surface area (TPSA) is 93.7 Å². The molecule has 7 nitrogen and oxygen atoms in total. The molecule has 9 heteroatoms. The number of fused-ring (bicyclic) bond motifs is 1. The van der Waals surface area contributed by atoms with E-state index >= 15 is 0 Å². The largest absolute Gasteiger partial charge is 0.497 e. The fraction of sp³-hybridized carbons (Fsp3) is 0.188. The molecule has 0 aliphatic carbocycles. The number of nitrogens with one attached hydrogen (secondary N) is 2. The van der Waals surface area contributed by atoms with Gasteiger partial charge in [0.25, 0.3) is 15.9 Å². The van der Waals surface area contributed by atoms with E-state index in [0.29, 0.717) is 22.5 Å². The van der Waals surface area contributed by atoms with E-state index in [1.807, 2.05) is 0 Å². The number of ether oxygens (including phenoxy) is 2. The Hall–Kier alpha value is -2.26. The van der Waals surface area contributed by atoms with E-state index < -0.39 is 10.0 Å². The van der Waals surface area contributed by atoms with Crippen molar-refractivity contribution in [3.8, 4) is 11.5 Å². The maximum atomic E-state index is 12.8. The van der Waals surface area contributed by atoms with Crippen LogP contribution in [0, 0.1) is 0 Å². The van der Waals surface area contributed by atoms with Crippen LogP contribution in [0.1, 0.15) is 10.4 Å². The molecular weight excluding hydrogens is 412 g/mol. The van der Waals surface area contributed by atoms with E-state index in [1.165, 1.54) is 19.2 Å². The minimum absolute atomic E-state index is 0.0409. The third kappa shape index (κ3) is 3.72. The predicted molar refractivity (Wildman–Crippen MR) is 95.8 cm³/mol. The summed E-state index contributed by atoms with van der Waals surface area (Å²) in [6.07, 6.45) is 0. The molecule has 0 saturated heterocycles. The first-order valence-electron chi connectivity index (χ1n) is 7.32. The van der Waals surface area contributed by atoms with Gasteiger partial charge in [0.2, 0.25) is 0 Å². The quantitative estimate of drug-likeness (QED) is 0.782. The van der Waals surface area contributed by atoms with Crippen molar-refractivity contribution in [3.63, 3.8) is 0 Å². The second-order valence-corrected chi connectivity index (χ2v) is 7.79. The summed E-state index contributed by atoms with van der Waals surface area (Å²) < 4.78 is 39.2. The Kier molecular flexibility index (Phi) is 4.87. The average molecular weight is 427 g/mol. The summed E-state index contributed by atoms with van der Waals surface area (Å²) >= 11 is 3.25. The minimum atomic E-state index is -3.96. The Morgan fingerprint density at radius 1 is 1.24 bits per heavy atom. The van der Waals surface area contributed by atoms with E-state index in [0.717, 1.165) is 0 Å². The van der Waals surface area contributed by atoms with Gasteiger partial charge in [-0.15, -0.1) is 0 Å². The zero-order chi connectivity index (χ0) is 18.0. The van der Waals surface area contributed by atoms with Gasteiger partial charge in [0.05, 0.1) is 19.2 Å². The Labute approximate surface area is 153 Å². The lowest BCUT2D eigenvalue weighted by Crippen LogP contribution is -2.24. The van der Waals surface area contributed by atoms with Crippen molar-refractivity contribution in [1.82, 2.24) is 5.32 Å². The number of hydrogen-bond acceptors (Lipinski definition) is 5. The van der Waals surface area contributed by atoms with Gasteiger partial charge in [0.15, 0.2) is 5.75 Å². The summed E-state index contributed by atoms with van der Waals surface area (Å²) in [7, 11) is -2.44. The lowest BCUT2D eigenvalue weighted by Gasteiger charge is -2.14. The molecule has 1 heterocycles. The van der Waals surface area contributed by atoms with Gasteiger partial charge in [-0.25, -0.2) is 8.42 Å². The summed E-state index contributed by atoms with van der Waals surface area (Å²) in [6, 6.07) is 9.39. The number of anilines is 1. The van der Waals surface area contributed by atoms with Crippen LogP contribution < -0.4 is 19.5 Å². The van der Waals surface area contributed by atoms with E-state index in [4.69, 9.17) is 9.47 Å². The zero-order valence-corrected chi connectivity index (χ0v) is 15.6. The molecule has 1 amide bonds. The molecule has 0 radical (unpaired) electrons. The van der Waals surface area contributed by atoms with Gasteiger partial charge in [0.1, 0.15) is 17.3 Å². The van der Waals surface area contributed by atoms with Crippen LogP contribution in [0.4, 0.5) is 5.69 Å². The van der Waals surface area contributed by atoms with Crippen molar-refractivity contribution < 1.29 is 22.7 Å². The smallest absolute Gasteiger partial charge is 0.265 e. The van der Waals surface area contributed by atoms with Crippen molar-refractivity contribution >= 4 is 37.5 Å². The van der Waals surface area contributed by atoms with E-state index in [1.54, 1.807) is 24.3 Å². The van der Waals surface area contributed by atoms with Crippen molar-refractivity contribution in [2.24, 2.45) is 0 Å². The fourth-order valence-electron chi connectivity index (χ4n) is 2.37. The molecule has 3 rings (SSSR count). The number of sulfonamides is 1. The highest BCUT2D eigenvalue weighted by atomic mass is 79.9. The van der Waals surface area contributed by atoms with E-state index in [9.17, 15) is 13.2 Å². The normalized spacial score (nSPS) is 13.9. The van der Waals surface area contributed by atoms with Crippen molar-refractivity contribution in [3.05, 3.63) is 46.4 Å². The molecule has 132 valence electrons. The number of benzene rings is 2. The SMILES string of the molecule is COc1ccc(NS(=O)(=O)c2cc(Br)cc3c2OCCNC3=O)cc1. The summed E-state index contributed by atoms with van der Waals surface area (Å²) in [6.45, 7) is 0.488. The second-order valence-electron chi connectivity index (χ2n) is 5.22. The third-order valence-corrected chi connectivity index (χ3v) is 5.37. The molecule has 0 saturated carbocycles. The highest BCUT2D eigenvalue weighted by Crippen LogP contribution is 2.34. The molecule has 1 aliphatic heterocycles. The molecule has 1 aliphatic rings. The van der Waals surface area contributed by atoms with E-state index in [2.05, 4.69) is 26.0 Å². The Morgan fingerprint density at radius 2 is 1.96 bits per heavy atom. The maximum Gasteiger partial charge on any atom is 0.265 e. The molecule has 2 N–H and O–H groups in total. The molecule has 0 fully saturated rings. The van der Waals surface area contributed by atoms with Gasteiger partial charge in [-0.2, -0.15) is 0 Å². The first kappa shape index (κ1) is 17.6. The first-order valence-corrected chi connectivity index (χ1v) is 9.60. The molecule has 0 bridgehead atoms. The van der Waals surface area contributed by atoms with Crippen molar-refractivity contribution in [1.29, 1.82) is 0 Å². The fourth-order valence-corrected chi connectivity index (χ4v) is 4.23. The van der Waals surface area contributed by atoms with Crippen LogP contribution in [0.25, 0.3) is 0 Å². The number of carbonyl (C=O) groups is 1. The van der Waals surface area contributed by atoms with Gasteiger partial charge >= 0.3 is 0 Å². The Balaban J connectivity index is 2.03. The first-order chi connectivity index (χ1) is 11.9. The second kappa shape index (κ2) is 6.93. The van der Waals surface area contributed by atoms with Gasteiger partial charge in [0, 0.05) is 10.2 Å². The monoisotopic (exact) mass is 426 g/mol. The molecule has 0 atom stereocenters. The molecule has 0 spiro atoms. The van der Waals surface area contributed by atoms with Crippen LogP contribution in [0.5, 0.6) is 11.5 Å². The lowest BCUT2D eigenvalue weighted by molar-refractivity contribution is 0.0957. The van der Waals surface area contributed by atoms with Gasteiger partial charge in [-0.3, -0.25) is 9.52 Å². The predicted octanol–water partition coefficient (Wildman–Crippen LogP) is 2.38. The maximum absolute atomic E-state index is 12.8. The van der Waals surface area contributed by atoms with Gasteiger partial charge in [-0.1, -0.05) is 15.9 Å². The van der Waals surface area contributed by atoms with Crippen molar-refractivity contribution in [2.75, 3.05) is 25.0 Å². The molecule has 0 aromatic heterocycles. The Morgan fingerprint density at radius 3 is 2.64 bits per heavy atom. The highest BCUT2D eigenvalue weighted by Gasteiger charge is 2.27. The highest BCUT2D eigenvalue weighted by molar-refractivity contribution is 9.10. The molecular formula is C16H15BrN2O5S. The standard InChI is InChI=1S/C16H15BrN2O5S/c1-23-12-4-2-11(3-5-12)19-25(21,22)14-9-10(17)8-13-15(14)24-7-6-18-16(13)20/h2-5,8-9,19H,6-7H2,1H3,(H,18,20). The molecule has 0 unspecified atom stereocenters. The van der Waals surface area contributed by atoms with Crippen molar-refractivity contribution in [2.45, 2.75) is 4.90 Å². The molecule has 2 aromatic carbocycles. The third-order valence-electron chi connectivity index (χ3n) is 3.53. The number of methoxy groups -OCH3 is 1. The van der Waals surface area contributed by atoms with E-state index in [-0.39, 0.29) is 28.7 Å². The van der Waals surface area contributed by atoms with Crippen LogP contribution in [0.2, 0.25) is 0 Å².